The highest BCUT2D eigenvalue weighted by atomic mass is 16.1. The summed E-state index contributed by atoms with van der Waals surface area (Å²) in [5.74, 6) is 0.909. The van der Waals surface area contributed by atoms with Crippen LogP contribution in [0.2, 0.25) is 0 Å². The van der Waals surface area contributed by atoms with Crippen LogP contribution < -0.4 is 5.73 Å². The minimum atomic E-state index is 0.252. The first-order valence-corrected chi connectivity index (χ1v) is 7.06. The number of carbonyl (C=O) groups is 1. The first-order chi connectivity index (χ1) is 8.72. The van der Waals surface area contributed by atoms with Crippen molar-refractivity contribution in [1.29, 1.82) is 0 Å². The Kier molecular flexibility index (Phi) is 4.54. The number of ketones is 1. The Morgan fingerprint density at radius 2 is 2.06 bits per heavy atom. The predicted octanol–water partition coefficient (Wildman–Crippen LogP) is 3.51. The summed E-state index contributed by atoms with van der Waals surface area (Å²) in [6.45, 7) is 2.73. The Morgan fingerprint density at radius 1 is 1.33 bits per heavy atom. The van der Waals surface area contributed by atoms with Gasteiger partial charge in [0, 0.05) is 11.5 Å². The van der Waals surface area contributed by atoms with Crippen LogP contribution in [-0.4, -0.2) is 12.3 Å². The van der Waals surface area contributed by atoms with Crippen LogP contribution in [0.5, 0.6) is 0 Å². The van der Waals surface area contributed by atoms with Crippen molar-refractivity contribution in [3.05, 3.63) is 35.4 Å². The quantitative estimate of drug-likeness (QED) is 0.825. The molecule has 1 aliphatic rings. The van der Waals surface area contributed by atoms with Gasteiger partial charge in [-0.3, -0.25) is 4.79 Å². The summed E-state index contributed by atoms with van der Waals surface area (Å²) in [6.07, 6.45) is 5.82. The number of carbonyl (C=O) groups excluding carboxylic acids is 1. The third-order valence-corrected chi connectivity index (χ3v) is 4.07. The van der Waals surface area contributed by atoms with Gasteiger partial charge in [-0.25, -0.2) is 0 Å². The van der Waals surface area contributed by atoms with Crippen LogP contribution >= 0.6 is 0 Å². The molecule has 1 aromatic carbocycles. The van der Waals surface area contributed by atoms with Gasteiger partial charge in [-0.2, -0.15) is 0 Å². The maximum atomic E-state index is 12.4. The average Bonchev–Trinajstić information content (AvgIpc) is 2.46. The molecule has 0 heterocycles. The van der Waals surface area contributed by atoms with Crippen molar-refractivity contribution in [2.24, 2.45) is 11.7 Å². The van der Waals surface area contributed by atoms with Gasteiger partial charge in [0.2, 0.25) is 0 Å². The van der Waals surface area contributed by atoms with Crippen LogP contribution in [0, 0.1) is 5.92 Å². The SMILES string of the molecule is CC(CN)c1cccc(C(=O)C2CCCCC2)c1. The van der Waals surface area contributed by atoms with Crippen molar-refractivity contribution in [2.75, 3.05) is 6.54 Å². The van der Waals surface area contributed by atoms with Gasteiger partial charge >= 0.3 is 0 Å². The predicted molar refractivity (Wildman–Crippen MR) is 74.8 cm³/mol. The van der Waals surface area contributed by atoms with Gasteiger partial charge in [-0.1, -0.05) is 44.4 Å². The Labute approximate surface area is 110 Å². The first kappa shape index (κ1) is 13.3. The Bertz CT molecular complexity index is 407. The molecule has 2 rings (SSSR count). The van der Waals surface area contributed by atoms with Crippen molar-refractivity contribution in [3.8, 4) is 0 Å². The highest BCUT2D eigenvalue weighted by molar-refractivity contribution is 5.98. The molecule has 0 saturated heterocycles. The number of rotatable bonds is 4. The monoisotopic (exact) mass is 245 g/mol. The number of nitrogens with two attached hydrogens (primary N) is 1. The van der Waals surface area contributed by atoms with Crippen LogP contribution in [0.25, 0.3) is 0 Å². The van der Waals surface area contributed by atoms with E-state index in [-0.39, 0.29) is 5.92 Å². The number of hydrogen-bond donors (Lipinski definition) is 1. The van der Waals surface area contributed by atoms with Gasteiger partial charge in [0.05, 0.1) is 0 Å². The second-order valence-electron chi connectivity index (χ2n) is 5.46. The van der Waals surface area contributed by atoms with E-state index in [9.17, 15) is 4.79 Å². The lowest BCUT2D eigenvalue weighted by atomic mass is 9.83. The summed E-state index contributed by atoms with van der Waals surface area (Å²) in [4.78, 5) is 12.4. The van der Waals surface area contributed by atoms with Crippen molar-refractivity contribution < 1.29 is 4.79 Å². The van der Waals surface area contributed by atoms with Crippen LogP contribution in [0.15, 0.2) is 24.3 Å². The summed E-state index contributed by atoms with van der Waals surface area (Å²) >= 11 is 0. The Hall–Kier alpha value is -1.15. The molecule has 1 atom stereocenters. The molecule has 0 spiro atoms. The van der Waals surface area contributed by atoms with E-state index in [1.54, 1.807) is 0 Å². The topological polar surface area (TPSA) is 43.1 Å². The molecule has 2 N–H and O–H groups in total. The molecule has 1 fully saturated rings. The number of benzene rings is 1. The molecule has 0 radical (unpaired) electrons. The molecule has 0 bridgehead atoms. The van der Waals surface area contributed by atoms with Gasteiger partial charge in [-0.15, -0.1) is 0 Å². The summed E-state index contributed by atoms with van der Waals surface area (Å²) in [5.41, 5.74) is 7.74. The van der Waals surface area contributed by atoms with E-state index < -0.39 is 0 Å². The molecule has 98 valence electrons. The van der Waals surface area contributed by atoms with E-state index in [0.29, 0.717) is 18.2 Å². The molecule has 1 aromatic rings. The number of Topliss-reactive ketones (excluding diaryl/α,β-unsaturated/α-hetero) is 1. The van der Waals surface area contributed by atoms with Crippen LogP contribution in [-0.2, 0) is 0 Å². The smallest absolute Gasteiger partial charge is 0.165 e. The van der Waals surface area contributed by atoms with Crippen LogP contribution in [0.1, 0.15) is 60.9 Å². The third-order valence-electron chi connectivity index (χ3n) is 4.07. The average molecular weight is 245 g/mol. The molecule has 1 unspecified atom stereocenters. The highest BCUT2D eigenvalue weighted by Crippen LogP contribution is 2.27. The van der Waals surface area contributed by atoms with E-state index in [0.717, 1.165) is 18.4 Å². The minimum absolute atomic E-state index is 0.252. The second-order valence-corrected chi connectivity index (χ2v) is 5.46. The molecule has 1 aliphatic carbocycles. The normalized spacial score (nSPS) is 18.6. The zero-order valence-corrected chi connectivity index (χ0v) is 11.2. The van der Waals surface area contributed by atoms with Crippen molar-refractivity contribution in [3.63, 3.8) is 0 Å². The molecule has 2 heteroatoms. The number of hydrogen-bond acceptors (Lipinski definition) is 2. The molecule has 1 saturated carbocycles. The van der Waals surface area contributed by atoms with Gasteiger partial charge in [0.15, 0.2) is 5.78 Å². The summed E-state index contributed by atoms with van der Waals surface area (Å²) in [7, 11) is 0. The fraction of sp³-hybridized carbons (Fsp3) is 0.562. The van der Waals surface area contributed by atoms with E-state index in [1.165, 1.54) is 24.8 Å². The van der Waals surface area contributed by atoms with Gasteiger partial charge in [-0.05, 0) is 36.9 Å². The minimum Gasteiger partial charge on any atom is -0.330 e. The highest BCUT2D eigenvalue weighted by Gasteiger charge is 2.22. The molecule has 18 heavy (non-hydrogen) atoms. The Balaban J connectivity index is 2.14. The largest absolute Gasteiger partial charge is 0.330 e. The summed E-state index contributed by atoms with van der Waals surface area (Å²) in [6, 6.07) is 8.03. The fourth-order valence-electron chi connectivity index (χ4n) is 2.74. The fourth-order valence-corrected chi connectivity index (χ4v) is 2.74. The van der Waals surface area contributed by atoms with Crippen molar-refractivity contribution >= 4 is 5.78 Å². The molecular weight excluding hydrogens is 222 g/mol. The molecule has 0 amide bonds. The van der Waals surface area contributed by atoms with E-state index in [4.69, 9.17) is 5.73 Å². The van der Waals surface area contributed by atoms with Gasteiger partial charge in [0.1, 0.15) is 0 Å². The lowest BCUT2D eigenvalue weighted by Crippen LogP contribution is -2.18. The maximum Gasteiger partial charge on any atom is 0.165 e. The Morgan fingerprint density at radius 3 is 2.72 bits per heavy atom. The zero-order valence-electron chi connectivity index (χ0n) is 11.2. The van der Waals surface area contributed by atoms with Crippen molar-refractivity contribution in [1.82, 2.24) is 0 Å². The molecular formula is C16H23NO. The lowest BCUT2D eigenvalue weighted by molar-refractivity contribution is 0.0889. The van der Waals surface area contributed by atoms with Gasteiger partial charge < -0.3 is 5.73 Å². The third kappa shape index (κ3) is 2.99. The first-order valence-electron chi connectivity index (χ1n) is 7.06. The summed E-state index contributed by atoms with van der Waals surface area (Å²) in [5, 5.41) is 0. The van der Waals surface area contributed by atoms with Crippen LogP contribution in [0.4, 0.5) is 0 Å². The van der Waals surface area contributed by atoms with Crippen LogP contribution in [0.3, 0.4) is 0 Å². The molecule has 0 aliphatic heterocycles. The standard InChI is InChI=1S/C16H23NO/c1-12(11-17)14-8-5-9-15(10-14)16(18)13-6-3-2-4-7-13/h5,8-10,12-13H,2-4,6-7,11,17H2,1H3. The molecule has 0 aromatic heterocycles. The lowest BCUT2D eigenvalue weighted by Gasteiger charge is -2.20. The van der Waals surface area contributed by atoms with E-state index >= 15 is 0 Å². The maximum absolute atomic E-state index is 12.4. The molecule has 2 nitrogen and oxygen atoms in total. The van der Waals surface area contributed by atoms with E-state index in [1.807, 2.05) is 18.2 Å². The summed E-state index contributed by atoms with van der Waals surface area (Å²) < 4.78 is 0. The van der Waals surface area contributed by atoms with Crippen molar-refractivity contribution in [2.45, 2.75) is 44.9 Å². The van der Waals surface area contributed by atoms with E-state index in [2.05, 4.69) is 13.0 Å². The second kappa shape index (κ2) is 6.14. The van der Waals surface area contributed by atoms with Gasteiger partial charge in [0.25, 0.3) is 0 Å². The zero-order chi connectivity index (χ0) is 13.0.